The van der Waals surface area contributed by atoms with Crippen molar-refractivity contribution in [2.75, 3.05) is 5.75 Å². The number of rotatable bonds is 7. The Morgan fingerprint density at radius 2 is 1.87 bits per heavy atom. The van der Waals surface area contributed by atoms with Gasteiger partial charge in [-0.2, -0.15) is 5.10 Å². The molecule has 4 rings (SSSR count). The van der Waals surface area contributed by atoms with E-state index in [0.29, 0.717) is 21.7 Å². The lowest BCUT2D eigenvalue weighted by molar-refractivity contribution is -0.118. The first-order chi connectivity index (χ1) is 15.2. The van der Waals surface area contributed by atoms with Gasteiger partial charge in [-0.05, 0) is 48.5 Å². The molecule has 0 aliphatic rings. The third-order valence-corrected chi connectivity index (χ3v) is 5.24. The van der Waals surface area contributed by atoms with E-state index in [1.807, 2.05) is 41.0 Å². The minimum atomic E-state index is -0.270. The number of thioether (sulfide) groups is 1. The van der Waals surface area contributed by atoms with Crippen molar-refractivity contribution < 1.29 is 4.79 Å². The van der Waals surface area contributed by atoms with E-state index in [-0.39, 0.29) is 11.7 Å². The fourth-order valence-electron chi connectivity index (χ4n) is 2.66. The Hall–Kier alpha value is -3.56. The van der Waals surface area contributed by atoms with Crippen LogP contribution in [0.15, 0.2) is 83.4 Å². The third kappa shape index (κ3) is 5.33. The Morgan fingerprint density at radius 3 is 2.61 bits per heavy atom. The summed E-state index contributed by atoms with van der Waals surface area (Å²) < 4.78 is 1.88. The van der Waals surface area contributed by atoms with Gasteiger partial charge in [-0.15, -0.1) is 10.2 Å². The lowest BCUT2D eigenvalue weighted by atomic mass is 10.2. The van der Waals surface area contributed by atoms with Gasteiger partial charge in [0.25, 0.3) is 5.91 Å². The number of hydrogen-bond acceptors (Lipinski definition) is 7. The van der Waals surface area contributed by atoms with Crippen LogP contribution in [0.25, 0.3) is 17.1 Å². The molecule has 10 heteroatoms. The fraction of sp³-hybridized carbons (Fsp3) is 0.0476. The Bertz CT molecular complexity index is 1180. The average molecular weight is 450 g/mol. The first-order valence-corrected chi connectivity index (χ1v) is 10.5. The summed E-state index contributed by atoms with van der Waals surface area (Å²) in [6.45, 7) is 0. The summed E-state index contributed by atoms with van der Waals surface area (Å²) in [5.41, 5.74) is 4.83. The van der Waals surface area contributed by atoms with Crippen LogP contribution in [0.4, 0.5) is 0 Å². The number of pyridine rings is 2. The second-order valence-electron chi connectivity index (χ2n) is 6.19. The van der Waals surface area contributed by atoms with Crippen molar-refractivity contribution in [1.82, 2.24) is 30.2 Å². The molecule has 3 heterocycles. The van der Waals surface area contributed by atoms with Crippen LogP contribution < -0.4 is 5.43 Å². The molecule has 0 atom stereocenters. The van der Waals surface area contributed by atoms with Crippen molar-refractivity contribution in [3.63, 3.8) is 0 Å². The highest BCUT2D eigenvalue weighted by Crippen LogP contribution is 2.28. The zero-order valence-corrected chi connectivity index (χ0v) is 17.7. The Morgan fingerprint density at radius 1 is 1.06 bits per heavy atom. The normalized spacial score (nSPS) is 11.0. The summed E-state index contributed by atoms with van der Waals surface area (Å²) in [6, 6.07) is 16.5. The van der Waals surface area contributed by atoms with E-state index in [9.17, 15) is 4.79 Å². The van der Waals surface area contributed by atoms with Crippen LogP contribution in [-0.4, -0.2) is 42.6 Å². The Balaban J connectivity index is 1.51. The van der Waals surface area contributed by atoms with Gasteiger partial charge < -0.3 is 0 Å². The monoisotopic (exact) mass is 449 g/mol. The molecule has 1 amide bonds. The molecule has 0 bridgehead atoms. The summed E-state index contributed by atoms with van der Waals surface area (Å²) in [4.78, 5) is 20.4. The van der Waals surface area contributed by atoms with Gasteiger partial charge in [0.05, 0.1) is 17.7 Å². The average Bonchev–Trinajstić information content (AvgIpc) is 3.23. The summed E-state index contributed by atoms with van der Waals surface area (Å²) in [7, 11) is 0. The third-order valence-electron chi connectivity index (χ3n) is 4.06. The van der Waals surface area contributed by atoms with Crippen molar-refractivity contribution in [1.29, 1.82) is 0 Å². The lowest BCUT2D eigenvalue weighted by Crippen LogP contribution is -2.20. The molecular formula is C21H16ClN7OS. The summed E-state index contributed by atoms with van der Waals surface area (Å²) in [6.07, 6.45) is 6.52. The SMILES string of the molecule is O=C(CSc1nnc(-c2ccncc2)n1-c1ccc(Cl)cc1)NN=Cc1ccccn1. The molecule has 0 unspecified atom stereocenters. The maximum Gasteiger partial charge on any atom is 0.250 e. The van der Waals surface area contributed by atoms with E-state index in [2.05, 4.69) is 30.7 Å². The summed E-state index contributed by atoms with van der Waals surface area (Å²) in [5, 5.41) is 13.7. The number of halogens is 1. The molecule has 0 fully saturated rings. The topological polar surface area (TPSA) is 98.0 Å². The Kier molecular flexibility index (Phi) is 6.65. The lowest BCUT2D eigenvalue weighted by Gasteiger charge is -2.10. The minimum Gasteiger partial charge on any atom is -0.272 e. The maximum atomic E-state index is 12.2. The van der Waals surface area contributed by atoms with Crippen molar-refractivity contribution in [3.05, 3.63) is 83.9 Å². The van der Waals surface area contributed by atoms with Gasteiger partial charge in [-0.25, -0.2) is 5.43 Å². The van der Waals surface area contributed by atoms with E-state index in [1.165, 1.54) is 18.0 Å². The summed E-state index contributed by atoms with van der Waals surface area (Å²) >= 11 is 7.30. The second kappa shape index (κ2) is 9.96. The minimum absolute atomic E-state index is 0.113. The number of benzene rings is 1. The number of aromatic nitrogens is 5. The van der Waals surface area contributed by atoms with E-state index in [4.69, 9.17) is 11.6 Å². The number of nitrogens with zero attached hydrogens (tertiary/aromatic N) is 6. The van der Waals surface area contributed by atoms with E-state index in [0.717, 1.165) is 11.3 Å². The predicted molar refractivity (Wildman–Crippen MR) is 120 cm³/mol. The number of hydrogen-bond donors (Lipinski definition) is 1. The van der Waals surface area contributed by atoms with Crippen molar-refractivity contribution in [2.45, 2.75) is 5.16 Å². The fourth-order valence-corrected chi connectivity index (χ4v) is 3.53. The molecule has 31 heavy (non-hydrogen) atoms. The van der Waals surface area contributed by atoms with Gasteiger partial charge in [-0.3, -0.25) is 19.3 Å². The molecule has 1 aromatic carbocycles. The van der Waals surface area contributed by atoms with Crippen LogP contribution in [0.2, 0.25) is 5.02 Å². The molecule has 3 aromatic heterocycles. The molecule has 1 N–H and O–H groups in total. The van der Waals surface area contributed by atoms with Crippen LogP contribution in [0.3, 0.4) is 0 Å². The highest BCUT2D eigenvalue weighted by atomic mass is 35.5. The standard InChI is InChI=1S/C21H16ClN7OS/c22-16-4-6-18(7-5-16)29-20(15-8-11-23-12-9-15)27-28-21(29)31-14-19(30)26-25-13-17-3-1-2-10-24-17/h1-13H,14H2,(H,26,30). The number of hydrazone groups is 1. The number of carbonyl (C=O) groups is 1. The molecule has 154 valence electrons. The molecule has 0 aliphatic heterocycles. The van der Waals surface area contributed by atoms with Gasteiger partial charge in [0, 0.05) is 34.9 Å². The smallest absolute Gasteiger partial charge is 0.250 e. The first kappa shape index (κ1) is 20.7. The van der Waals surface area contributed by atoms with E-state index in [1.54, 1.807) is 36.8 Å². The Labute approximate surface area is 187 Å². The molecule has 0 saturated carbocycles. The summed E-state index contributed by atoms with van der Waals surface area (Å²) in [5.74, 6) is 0.482. The number of carbonyl (C=O) groups excluding carboxylic acids is 1. The zero-order chi connectivity index (χ0) is 21.5. The zero-order valence-electron chi connectivity index (χ0n) is 16.1. The van der Waals surface area contributed by atoms with E-state index >= 15 is 0 Å². The number of nitrogens with one attached hydrogen (secondary N) is 1. The van der Waals surface area contributed by atoms with Gasteiger partial charge >= 0.3 is 0 Å². The molecule has 0 aliphatic carbocycles. The van der Waals surface area contributed by atoms with Gasteiger partial charge in [-0.1, -0.05) is 29.4 Å². The molecular weight excluding hydrogens is 434 g/mol. The highest BCUT2D eigenvalue weighted by molar-refractivity contribution is 7.99. The quantitative estimate of drug-likeness (QED) is 0.263. The van der Waals surface area contributed by atoms with Crippen LogP contribution >= 0.6 is 23.4 Å². The van der Waals surface area contributed by atoms with Crippen molar-refractivity contribution in [2.24, 2.45) is 5.10 Å². The molecule has 4 aromatic rings. The van der Waals surface area contributed by atoms with Crippen LogP contribution in [-0.2, 0) is 4.79 Å². The number of amides is 1. The highest BCUT2D eigenvalue weighted by Gasteiger charge is 2.17. The largest absolute Gasteiger partial charge is 0.272 e. The predicted octanol–water partition coefficient (Wildman–Crippen LogP) is 3.62. The van der Waals surface area contributed by atoms with Gasteiger partial charge in [0.2, 0.25) is 0 Å². The van der Waals surface area contributed by atoms with Gasteiger partial charge in [0.1, 0.15) is 0 Å². The molecule has 0 saturated heterocycles. The van der Waals surface area contributed by atoms with E-state index < -0.39 is 0 Å². The van der Waals surface area contributed by atoms with Crippen molar-refractivity contribution >= 4 is 35.5 Å². The van der Waals surface area contributed by atoms with Crippen LogP contribution in [0, 0.1) is 0 Å². The molecule has 0 spiro atoms. The molecule has 8 nitrogen and oxygen atoms in total. The second-order valence-corrected chi connectivity index (χ2v) is 7.57. The van der Waals surface area contributed by atoms with Gasteiger partial charge in [0.15, 0.2) is 11.0 Å². The molecule has 0 radical (unpaired) electrons. The van der Waals surface area contributed by atoms with Crippen molar-refractivity contribution in [3.8, 4) is 17.1 Å². The maximum absolute atomic E-state index is 12.2. The van der Waals surface area contributed by atoms with Crippen LogP contribution in [0.1, 0.15) is 5.69 Å². The first-order valence-electron chi connectivity index (χ1n) is 9.18. The van der Waals surface area contributed by atoms with Crippen LogP contribution in [0.5, 0.6) is 0 Å².